The molecule has 0 radical (unpaired) electrons. The molecule has 0 atom stereocenters. The van der Waals surface area contributed by atoms with Crippen molar-refractivity contribution in [2.45, 2.75) is 53.0 Å². The van der Waals surface area contributed by atoms with Crippen LogP contribution in [0.1, 0.15) is 40.1 Å². The molecule has 3 aromatic rings. The molecule has 2 heterocycles. The van der Waals surface area contributed by atoms with Crippen molar-refractivity contribution >= 4 is 11.6 Å². The molecule has 1 aliphatic rings. The number of halogens is 3. The number of rotatable bonds is 5. The van der Waals surface area contributed by atoms with Gasteiger partial charge >= 0.3 is 6.18 Å². The van der Waals surface area contributed by atoms with E-state index in [1.54, 1.807) is 4.57 Å². The van der Waals surface area contributed by atoms with Gasteiger partial charge in [0, 0.05) is 31.9 Å². The first-order valence-electron chi connectivity index (χ1n) is 10.9. The average Bonchev–Trinajstić information content (AvgIpc) is 3.07. The Morgan fingerprint density at radius 2 is 1.62 bits per heavy atom. The smallest absolute Gasteiger partial charge is 0.312 e. The fourth-order valence-electron chi connectivity index (χ4n) is 4.81. The summed E-state index contributed by atoms with van der Waals surface area (Å²) in [6.45, 7) is 7.98. The van der Waals surface area contributed by atoms with Crippen LogP contribution in [0.5, 0.6) is 0 Å². The van der Waals surface area contributed by atoms with Crippen LogP contribution in [-0.4, -0.2) is 28.0 Å². The van der Waals surface area contributed by atoms with Gasteiger partial charge in [0.15, 0.2) is 5.69 Å². The van der Waals surface area contributed by atoms with Gasteiger partial charge in [-0.3, -0.25) is 4.90 Å². The van der Waals surface area contributed by atoms with Gasteiger partial charge in [0.1, 0.15) is 0 Å². The normalized spacial score (nSPS) is 14.2. The first kappa shape index (κ1) is 22.4. The zero-order valence-corrected chi connectivity index (χ0v) is 19.0. The fraction of sp³-hybridized carbons (Fsp3) is 0.400. The van der Waals surface area contributed by atoms with Gasteiger partial charge in [-0.2, -0.15) is 13.2 Å². The Kier molecular flexibility index (Phi) is 6.03. The lowest BCUT2D eigenvalue weighted by atomic mass is 10.0. The highest BCUT2D eigenvalue weighted by Crippen LogP contribution is 2.40. The summed E-state index contributed by atoms with van der Waals surface area (Å²) >= 11 is 0. The summed E-state index contributed by atoms with van der Waals surface area (Å²) in [5.74, 6) is 0.390. The minimum Gasteiger partial charge on any atom is -0.312 e. The Balaban J connectivity index is 1.74. The molecule has 1 aromatic heterocycles. The molecule has 170 valence electrons. The average molecular weight is 443 g/mol. The molecular formula is C25H29F3N4. The largest absolute Gasteiger partial charge is 0.435 e. The van der Waals surface area contributed by atoms with E-state index < -0.39 is 11.9 Å². The van der Waals surface area contributed by atoms with E-state index in [1.165, 1.54) is 0 Å². The first-order valence-corrected chi connectivity index (χ1v) is 10.9. The summed E-state index contributed by atoms with van der Waals surface area (Å²) < 4.78 is 43.9. The van der Waals surface area contributed by atoms with Crippen molar-refractivity contribution in [3.05, 3.63) is 76.1 Å². The number of hydrogen-bond acceptors (Lipinski definition) is 3. The van der Waals surface area contributed by atoms with Crippen LogP contribution in [0.2, 0.25) is 0 Å². The lowest BCUT2D eigenvalue weighted by Gasteiger charge is -2.32. The molecule has 0 fully saturated rings. The number of alkyl halides is 3. The number of imidazole rings is 1. The second-order valence-corrected chi connectivity index (χ2v) is 8.77. The van der Waals surface area contributed by atoms with Crippen molar-refractivity contribution in [1.82, 2.24) is 14.5 Å². The molecule has 0 unspecified atom stereocenters. The monoisotopic (exact) mass is 442 g/mol. The van der Waals surface area contributed by atoms with E-state index in [1.807, 2.05) is 68.0 Å². The summed E-state index contributed by atoms with van der Waals surface area (Å²) in [7, 11) is 1.85. The van der Waals surface area contributed by atoms with Crippen LogP contribution < -0.4 is 4.90 Å². The third kappa shape index (κ3) is 4.39. The van der Waals surface area contributed by atoms with E-state index in [0.717, 1.165) is 34.4 Å². The lowest BCUT2D eigenvalue weighted by Crippen LogP contribution is -2.31. The molecule has 4 nitrogen and oxygen atoms in total. The molecule has 0 aliphatic carbocycles. The number of hydrogen-bond donors (Lipinski definition) is 0. The molecule has 0 amide bonds. The van der Waals surface area contributed by atoms with Crippen molar-refractivity contribution in [3.8, 4) is 0 Å². The van der Waals surface area contributed by atoms with Gasteiger partial charge in [0.25, 0.3) is 0 Å². The topological polar surface area (TPSA) is 24.3 Å². The molecule has 32 heavy (non-hydrogen) atoms. The Hall–Kier alpha value is -2.80. The highest BCUT2D eigenvalue weighted by Gasteiger charge is 2.41. The maximum absolute atomic E-state index is 14.0. The van der Waals surface area contributed by atoms with Gasteiger partial charge in [-0.1, -0.05) is 48.0 Å². The fourth-order valence-corrected chi connectivity index (χ4v) is 4.81. The molecule has 1 aliphatic heterocycles. The predicted molar refractivity (Wildman–Crippen MR) is 121 cm³/mol. The van der Waals surface area contributed by atoms with Gasteiger partial charge in [-0.05, 0) is 50.9 Å². The summed E-state index contributed by atoms with van der Waals surface area (Å²) in [4.78, 5) is 8.06. The Labute approximate surface area is 187 Å². The van der Waals surface area contributed by atoms with Gasteiger partial charge in [-0.25, -0.2) is 4.98 Å². The zero-order chi connectivity index (χ0) is 23.0. The zero-order valence-electron chi connectivity index (χ0n) is 19.0. The number of anilines is 2. The van der Waals surface area contributed by atoms with Crippen LogP contribution in [0.25, 0.3) is 0 Å². The highest BCUT2D eigenvalue weighted by atomic mass is 19.4. The third-order valence-corrected chi connectivity index (χ3v) is 5.95. The van der Waals surface area contributed by atoms with E-state index in [4.69, 9.17) is 0 Å². The number of benzene rings is 2. The summed E-state index contributed by atoms with van der Waals surface area (Å²) in [6, 6.07) is 13.9. The van der Waals surface area contributed by atoms with Crippen LogP contribution in [0.3, 0.4) is 0 Å². The van der Waals surface area contributed by atoms with E-state index in [0.29, 0.717) is 25.6 Å². The van der Waals surface area contributed by atoms with Gasteiger partial charge < -0.3 is 9.47 Å². The lowest BCUT2D eigenvalue weighted by molar-refractivity contribution is -0.141. The van der Waals surface area contributed by atoms with E-state index >= 15 is 0 Å². The third-order valence-electron chi connectivity index (χ3n) is 5.95. The van der Waals surface area contributed by atoms with E-state index in [2.05, 4.69) is 17.1 Å². The van der Waals surface area contributed by atoms with E-state index in [9.17, 15) is 13.2 Å². The molecule has 2 aromatic carbocycles. The maximum Gasteiger partial charge on any atom is 0.435 e. The molecule has 0 N–H and O–H groups in total. The van der Waals surface area contributed by atoms with Crippen molar-refractivity contribution in [2.24, 2.45) is 0 Å². The SMILES string of the molecule is Cc1cc(C)c(N2CCCn3c2nc(C(F)(F)F)c3CN(C)Cc2ccccc2)c(C)c1. The van der Waals surface area contributed by atoms with Gasteiger partial charge in [0.05, 0.1) is 5.69 Å². The highest BCUT2D eigenvalue weighted by molar-refractivity contribution is 5.68. The molecule has 7 heteroatoms. The number of aryl methyl sites for hydroxylation is 3. The van der Waals surface area contributed by atoms with Crippen molar-refractivity contribution in [1.29, 1.82) is 0 Å². The molecular weight excluding hydrogens is 413 g/mol. The van der Waals surface area contributed by atoms with Crippen LogP contribution in [0.15, 0.2) is 42.5 Å². The summed E-state index contributed by atoms with van der Waals surface area (Å²) in [6.07, 6.45) is -3.74. The molecule has 4 rings (SSSR count). The molecule has 0 saturated carbocycles. The van der Waals surface area contributed by atoms with Gasteiger partial charge in [0.2, 0.25) is 5.95 Å². The maximum atomic E-state index is 14.0. The Bertz CT molecular complexity index is 1080. The van der Waals surface area contributed by atoms with E-state index in [-0.39, 0.29) is 12.2 Å². The predicted octanol–water partition coefficient (Wildman–Crippen LogP) is 6.00. The van der Waals surface area contributed by atoms with Crippen molar-refractivity contribution < 1.29 is 13.2 Å². The molecule has 0 saturated heterocycles. The first-order chi connectivity index (χ1) is 15.1. The minimum atomic E-state index is -4.50. The Morgan fingerprint density at radius 3 is 2.25 bits per heavy atom. The second kappa shape index (κ2) is 8.62. The Morgan fingerprint density at radius 1 is 0.969 bits per heavy atom. The second-order valence-electron chi connectivity index (χ2n) is 8.77. The van der Waals surface area contributed by atoms with Crippen LogP contribution in [0, 0.1) is 20.8 Å². The summed E-state index contributed by atoms with van der Waals surface area (Å²) in [5, 5.41) is 0. The number of fused-ring (bicyclic) bond motifs is 1. The van der Waals surface area contributed by atoms with Crippen LogP contribution in [-0.2, 0) is 25.8 Å². The summed E-state index contributed by atoms with van der Waals surface area (Å²) in [5.41, 5.74) is 4.72. The van der Waals surface area contributed by atoms with Gasteiger partial charge in [-0.15, -0.1) is 0 Å². The van der Waals surface area contributed by atoms with Crippen molar-refractivity contribution in [2.75, 3.05) is 18.5 Å². The standard InChI is InChI=1S/C25H29F3N4/c1-17-13-18(2)22(19(3)14-17)32-12-8-11-31-21(23(25(26,27)28)29-24(31)32)16-30(4)15-20-9-6-5-7-10-20/h5-7,9-10,13-14H,8,11-12,15-16H2,1-4H3. The van der Waals surface area contributed by atoms with Crippen LogP contribution >= 0.6 is 0 Å². The van der Waals surface area contributed by atoms with Crippen molar-refractivity contribution in [3.63, 3.8) is 0 Å². The number of aromatic nitrogens is 2. The molecule has 0 spiro atoms. The minimum absolute atomic E-state index is 0.177. The van der Waals surface area contributed by atoms with Crippen LogP contribution in [0.4, 0.5) is 24.8 Å². The molecule has 0 bridgehead atoms. The quantitative estimate of drug-likeness (QED) is 0.484. The number of nitrogens with zero attached hydrogens (tertiary/aromatic N) is 4.